The van der Waals surface area contributed by atoms with Crippen molar-refractivity contribution in [2.75, 3.05) is 29.9 Å². The molecule has 0 saturated carbocycles. The largest absolute Gasteiger partial charge is 0.355 e. The Hall–Kier alpha value is -2.63. The number of hydrogen-bond acceptors (Lipinski definition) is 4. The van der Waals surface area contributed by atoms with Gasteiger partial charge in [-0.05, 0) is 37.8 Å². The molecule has 126 valence electrons. The van der Waals surface area contributed by atoms with Crippen molar-refractivity contribution in [1.82, 2.24) is 15.3 Å². The van der Waals surface area contributed by atoms with Crippen molar-refractivity contribution in [2.45, 2.75) is 19.8 Å². The Balaban J connectivity index is 1.47. The molecule has 1 aromatic carbocycles. The molecule has 1 aliphatic heterocycles. The van der Waals surface area contributed by atoms with Crippen LogP contribution >= 0.6 is 0 Å². The fourth-order valence-corrected chi connectivity index (χ4v) is 2.94. The van der Waals surface area contributed by atoms with E-state index in [1.54, 1.807) is 18.6 Å². The molecule has 24 heavy (non-hydrogen) atoms. The first-order valence-corrected chi connectivity index (χ1v) is 8.33. The average molecular weight is 325 g/mol. The Morgan fingerprint density at radius 1 is 1.29 bits per heavy atom. The van der Waals surface area contributed by atoms with Gasteiger partial charge in [-0.2, -0.15) is 0 Å². The van der Waals surface area contributed by atoms with E-state index in [0.717, 1.165) is 37.4 Å². The number of nitrogens with zero attached hydrogens (tertiary/aromatic N) is 3. The molecule has 1 unspecified atom stereocenters. The minimum atomic E-state index is -0.157. The van der Waals surface area contributed by atoms with E-state index >= 15 is 0 Å². The highest BCUT2D eigenvalue weighted by Gasteiger charge is 2.21. The number of piperidine rings is 1. The van der Waals surface area contributed by atoms with Crippen molar-refractivity contribution in [2.24, 2.45) is 5.92 Å². The van der Waals surface area contributed by atoms with Crippen molar-refractivity contribution in [1.29, 1.82) is 0 Å². The van der Waals surface area contributed by atoms with Crippen LogP contribution in [0.5, 0.6) is 0 Å². The summed E-state index contributed by atoms with van der Waals surface area (Å²) in [5, 5.41) is 5.84. The van der Waals surface area contributed by atoms with Crippen LogP contribution in [0, 0.1) is 12.8 Å². The van der Waals surface area contributed by atoms with Gasteiger partial charge in [0.25, 0.3) is 0 Å². The number of urea groups is 1. The number of amides is 2. The van der Waals surface area contributed by atoms with Crippen molar-refractivity contribution < 1.29 is 4.79 Å². The Kier molecular flexibility index (Phi) is 5.25. The lowest BCUT2D eigenvalue weighted by molar-refractivity contribution is 0.249. The molecule has 1 atom stereocenters. The molecule has 2 N–H and O–H groups in total. The molecule has 1 fully saturated rings. The Bertz CT molecular complexity index is 659. The predicted octanol–water partition coefficient (Wildman–Crippen LogP) is 2.82. The molecule has 2 aromatic rings. The third-order valence-corrected chi connectivity index (χ3v) is 4.25. The van der Waals surface area contributed by atoms with Crippen LogP contribution < -0.4 is 15.5 Å². The van der Waals surface area contributed by atoms with Crippen LogP contribution in [0.3, 0.4) is 0 Å². The SMILES string of the molecule is Cc1ccc(NC(=O)NCC2CCCN(c3cnccn3)C2)cc1. The van der Waals surface area contributed by atoms with Crippen LogP contribution in [0.2, 0.25) is 0 Å². The number of hydrogen-bond donors (Lipinski definition) is 2. The normalized spacial score (nSPS) is 17.4. The van der Waals surface area contributed by atoms with Gasteiger partial charge in [-0.3, -0.25) is 4.98 Å². The van der Waals surface area contributed by atoms with Gasteiger partial charge >= 0.3 is 6.03 Å². The fraction of sp³-hybridized carbons (Fsp3) is 0.389. The minimum absolute atomic E-state index is 0.157. The van der Waals surface area contributed by atoms with Gasteiger partial charge in [0.1, 0.15) is 5.82 Å². The number of carbonyl (C=O) groups excluding carboxylic acids is 1. The van der Waals surface area contributed by atoms with E-state index in [4.69, 9.17) is 0 Å². The van der Waals surface area contributed by atoms with E-state index in [9.17, 15) is 4.79 Å². The maximum absolute atomic E-state index is 12.0. The summed E-state index contributed by atoms with van der Waals surface area (Å²) < 4.78 is 0. The maximum Gasteiger partial charge on any atom is 0.319 e. The van der Waals surface area contributed by atoms with Gasteiger partial charge in [-0.1, -0.05) is 17.7 Å². The molecule has 1 aliphatic rings. The highest BCUT2D eigenvalue weighted by molar-refractivity contribution is 5.89. The number of anilines is 2. The Labute approximate surface area is 142 Å². The number of nitrogens with one attached hydrogen (secondary N) is 2. The third kappa shape index (κ3) is 4.44. The molecule has 6 nitrogen and oxygen atoms in total. The van der Waals surface area contributed by atoms with Crippen LogP contribution in [0.15, 0.2) is 42.9 Å². The second-order valence-corrected chi connectivity index (χ2v) is 6.22. The van der Waals surface area contributed by atoms with Crippen LogP contribution in [0.1, 0.15) is 18.4 Å². The summed E-state index contributed by atoms with van der Waals surface area (Å²) in [6.45, 7) is 4.57. The zero-order valence-electron chi connectivity index (χ0n) is 13.9. The van der Waals surface area contributed by atoms with Gasteiger partial charge in [0.2, 0.25) is 0 Å². The van der Waals surface area contributed by atoms with Gasteiger partial charge in [0.15, 0.2) is 0 Å². The molecule has 6 heteroatoms. The summed E-state index contributed by atoms with van der Waals surface area (Å²) in [6, 6.07) is 7.62. The molecular formula is C18H23N5O. The van der Waals surface area contributed by atoms with E-state index in [-0.39, 0.29) is 6.03 Å². The van der Waals surface area contributed by atoms with Crippen LogP contribution in [-0.2, 0) is 0 Å². The lowest BCUT2D eigenvalue weighted by Crippen LogP contribution is -2.42. The lowest BCUT2D eigenvalue weighted by atomic mass is 9.98. The van der Waals surface area contributed by atoms with E-state index in [0.29, 0.717) is 12.5 Å². The predicted molar refractivity (Wildman–Crippen MR) is 95.2 cm³/mol. The third-order valence-electron chi connectivity index (χ3n) is 4.25. The van der Waals surface area contributed by atoms with E-state index in [2.05, 4.69) is 25.5 Å². The quantitative estimate of drug-likeness (QED) is 0.907. The number of carbonyl (C=O) groups is 1. The first-order chi connectivity index (χ1) is 11.7. The second-order valence-electron chi connectivity index (χ2n) is 6.22. The molecule has 0 radical (unpaired) electrons. The van der Waals surface area contributed by atoms with Crippen molar-refractivity contribution >= 4 is 17.5 Å². The maximum atomic E-state index is 12.0. The van der Waals surface area contributed by atoms with Gasteiger partial charge in [-0.15, -0.1) is 0 Å². The second kappa shape index (κ2) is 7.77. The van der Waals surface area contributed by atoms with Gasteiger partial charge < -0.3 is 15.5 Å². The van der Waals surface area contributed by atoms with E-state index in [1.807, 2.05) is 31.2 Å². The molecule has 0 spiro atoms. The van der Waals surface area contributed by atoms with Crippen molar-refractivity contribution in [3.8, 4) is 0 Å². The molecular weight excluding hydrogens is 302 g/mol. The molecule has 3 rings (SSSR count). The van der Waals surface area contributed by atoms with Gasteiger partial charge in [0, 0.05) is 37.7 Å². The van der Waals surface area contributed by atoms with Gasteiger partial charge in [0.05, 0.1) is 6.20 Å². The Morgan fingerprint density at radius 2 is 2.12 bits per heavy atom. The van der Waals surface area contributed by atoms with E-state index < -0.39 is 0 Å². The zero-order chi connectivity index (χ0) is 16.8. The average Bonchev–Trinajstić information content (AvgIpc) is 2.63. The first-order valence-electron chi connectivity index (χ1n) is 8.33. The highest BCUT2D eigenvalue weighted by atomic mass is 16.2. The molecule has 0 bridgehead atoms. The number of rotatable bonds is 4. The number of aromatic nitrogens is 2. The number of aryl methyl sites for hydroxylation is 1. The topological polar surface area (TPSA) is 70.2 Å². The standard InChI is InChI=1S/C18H23N5O/c1-14-4-6-16(7-5-14)22-18(24)21-11-15-3-2-10-23(13-15)17-12-19-8-9-20-17/h4-9,12,15H,2-3,10-11,13H2,1H3,(H2,21,22,24). The van der Waals surface area contributed by atoms with Crippen LogP contribution in [0.25, 0.3) is 0 Å². The van der Waals surface area contributed by atoms with Crippen molar-refractivity contribution in [3.05, 3.63) is 48.4 Å². The highest BCUT2D eigenvalue weighted by Crippen LogP contribution is 2.20. The molecule has 2 amide bonds. The Morgan fingerprint density at radius 3 is 2.88 bits per heavy atom. The summed E-state index contributed by atoms with van der Waals surface area (Å²) in [5.41, 5.74) is 1.98. The molecule has 1 aromatic heterocycles. The zero-order valence-corrected chi connectivity index (χ0v) is 13.9. The molecule has 0 aliphatic carbocycles. The van der Waals surface area contributed by atoms with Crippen LogP contribution in [-0.4, -0.2) is 35.6 Å². The fourth-order valence-electron chi connectivity index (χ4n) is 2.94. The molecule has 1 saturated heterocycles. The lowest BCUT2D eigenvalue weighted by Gasteiger charge is -2.33. The van der Waals surface area contributed by atoms with Crippen molar-refractivity contribution in [3.63, 3.8) is 0 Å². The van der Waals surface area contributed by atoms with E-state index in [1.165, 1.54) is 5.56 Å². The summed E-state index contributed by atoms with van der Waals surface area (Å²) in [5.74, 6) is 1.33. The number of benzene rings is 1. The summed E-state index contributed by atoms with van der Waals surface area (Å²) in [7, 11) is 0. The first kappa shape index (κ1) is 16.2. The minimum Gasteiger partial charge on any atom is -0.355 e. The molecule has 2 heterocycles. The summed E-state index contributed by atoms with van der Waals surface area (Å²) in [6.07, 6.45) is 7.40. The monoisotopic (exact) mass is 325 g/mol. The summed E-state index contributed by atoms with van der Waals surface area (Å²) in [4.78, 5) is 22.8. The van der Waals surface area contributed by atoms with Crippen LogP contribution in [0.4, 0.5) is 16.3 Å². The summed E-state index contributed by atoms with van der Waals surface area (Å²) >= 11 is 0. The van der Waals surface area contributed by atoms with Gasteiger partial charge in [-0.25, -0.2) is 9.78 Å². The smallest absolute Gasteiger partial charge is 0.319 e.